The molecule has 1 aliphatic heterocycles. The minimum atomic E-state index is -0.554. The van der Waals surface area contributed by atoms with Gasteiger partial charge in [-0.15, -0.1) is 0 Å². The molecule has 154 valence electrons. The summed E-state index contributed by atoms with van der Waals surface area (Å²) < 4.78 is 17.7. The predicted molar refractivity (Wildman–Crippen MR) is 114 cm³/mol. The Hall–Kier alpha value is -1.99. The van der Waals surface area contributed by atoms with Crippen LogP contribution in [0.2, 0.25) is 0 Å². The molecule has 7 heteroatoms. The lowest BCUT2D eigenvalue weighted by molar-refractivity contribution is 0.00578. The zero-order valence-corrected chi connectivity index (χ0v) is 18.3. The second-order valence-corrected chi connectivity index (χ2v) is 9.03. The molecule has 0 saturated carbocycles. The third-order valence-electron chi connectivity index (χ3n) is 4.94. The Morgan fingerprint density at radius 2 is 1.64 bits per heavy atom. The Labute approximate surface area is 169 Å². The van der Waals surface area contributed by atoms with Crippen molar-refractivity contribution >= 4 is 25.0 Å². The van der Waals surface area contributed by atoms with E-state index in [1.165, 1.54) is 0 Å². The summed E-state index contributed by atoms with van der Waals surface area (Å²) in [6.07, 6.45) is 1.51. The monoisotopic (exact) mass is 388 g/mol. The van der Waals surface area contributed by atoms with Gasteiger partial charge in [-0.3, -0.25) is 0 Å². The van der Waals surface area contributed by atoms with Gasteiger partial charge in [0.2, 0.25) is 0 Å². The fourth-order valence-electron chi connectivity index (χ4n) is 2.65. The highest BCUT2D eigenvalue weighted by atomic mass is 16.7. The topological polar surface area (TPSA) is 68.8 Å². The first-order valence-corrected chi connectivity index (χ1v) is 9.64. The molecule has 1 fully saturated rings. The molecule has 0 radical (unpaired) electrons. The van der Waals surface area contributed by atoms with Crippen molar-refractivity contribution < 1.29 is 18.8 Å². The van der Waals surface area contributed by atoms with Crippen LogP contribution >= 0.6 is 0 Å². The molecular formula is C21H33BN2O4. The molecule has 0 bridgehead atoms. The molecule has 0 aromatic heterocycles. The molecule has 2 rings (SSSR count). The van der Waals surface area contributed by atoms with Crippen LogP contribution in [0.3, 0.4) is 0 Å². The van der Waals surface area contributed by atoms with Crippen LogP contribution in [-0.2, 0) is 14.0 Å². The molecule has 28 heavy (non-hydrogen) atoms. The van der Waals surface area contributed by atoms with E-state index in [-0.39, 0.29) is 6.54 Å². The van der Waals surface area contributed by atoms with Crippen LogP contribution in [0.5, 0.6) is 0 Å². The largest absolute Gasteiger partial charge is 0.492 e. The lowest BCUT2D eigenvalue weighted by atomic mass is 9.77. The number of amides is 1. The van der Waals surface area contributed by atoms with Gasteiger partial charge in [-0.25, -0.2) is 4.79 Å². The molecule has 0 spiro atoms. The summed E-state index contributed by atoms with van der Waals surface area (Å²) in [6, 6.07) is 8.00. The first-order valence-electron chi connectivity index (χ1n) is 9.64. The third-order valence-corrected chi connectivity index (χ3v) is 4.94. The highest BCUT2D eigenvalue weighted by Gasteiger charge is 2.52. The van der Waals surface area contributed by atoms with Gasteiger partial charge in [0.15, 0.2) is 0 Å². The Kier molecular flexibility index (Phi) is 6.51. The van der Waals surface area contributed by atoms with E-state index in [2.05, 4.69) is 10.6 Å². The lowest BCUT2D eigenvalue weighted by Gasteiger charge is -2.32. The van der Waals surface area contributed by atoms with Crippen LogP contribution < -0.4 is 10.6 Å². The Morgan fingerprint density at radius 3 is 2.11 bits per heavy atom. The summed E-state index contributed by atoms with van der Waals surface area (Å²) >= 11 is 0. The zero-order valence-electron chi connectivity index (χ0n) is 18.3. The molecular weight excluding hydrogens is 355 g/mol. The standard InChI is InChI=1S/C21H33BN2O4/c1-19(2,3)26-18(25)24-14-16(13-15-9-11-17(23-8)12-10-15)22-27-20(4,5)21(6,7)28-22/h9-13,23H,14H2,1-8H3,(H,24,25). The maximum atomic E-state index is 12.1. The minimum Gasteiger partial charge on any atom is -0.444 e. The molecule has 2 N–H and O–H groups in total. The average molecular weight is 388 g/mol. The summed E-state index contributed by atoms with van der Waals surface area (Å²) in [6.45, 7) is 13.8. The van der Waals surface area contributed by atoms with E-state index >= 15 is 0 Å². The van der Waals surface area contributed by atoms with Gasteiger partial charge in [-0.05, 0) is 71.6 Å². The number of benzene rings is 1. The maximum absolute atomic E-state index is 12.1. The summed E-state index contributed by atoms with van der Waals surface area (Å²) in [4.78, 5) is 12.1. The predicted octanol–water partition coefficient (Wildman–Crippen LogP) is 4.27. The van der Waals surface area contributed by atoms with E-state index in [4.69, 9.17) is 14.0 Å². The number of anilines is 1. The van der Waals surface area contributed by atoms with E-state index in [1.54, 1.807) is 0 Å². The fourth-order valence-corrected chi connectivity index (χ4v) is 2.65. The number of hydrogen-bond donors (Lipinski definition) is 2. The van der Waals surface area contributed by atoms with E-state index in [1.807, 2.05) is 85.9 Å². The fraction of sp³-hybridized carbons (Fsp3) is 0.571. The highest BCUT2D eigenvalue weighted by Crippen LogP contribution is 2.38. The van der Waals surface area contributed by atoms with Crippen LogP contribution in [0, 0.1) is 0 Å². The zero-order chi connectivity index (χ0) is 21.2. The van der Waals surface area contributed by atoms with Crippen LogP contribution in [0.15, 0.2) is 29.7 Å². The minimum absolute atomic E-state index is 0.263. The Bertz CT molecular complexity index is 705. The molecule has 1 heterocycles. The van der Waals surface area contributed by atoms with E-state index in [0.717, 1.165) is 16.7 Å². The molecule has 1 aromatic rings. The second kappa shape index (κ2) is 8.17. The van der Waals surface area contributed by atoms with Gasteiger partial charge in [-0.1, -0.05) is 18.2 Å². The van der Waals surface area contributed by atoms with Gasteiger partial charge < -0.3 is 24.7 Å². The SMILES string of the molecule is CNc1ccc(C=C(CNC(=O)OC(C)(C)C)B2OC(C)(C)C(C)(C)O2)cc1. The first kappa shape index (κ1) is 22.3. The van der Waals surface area contributed by atoms with Crippen LogP contribution in [0.4, 0.5) is 10.5 Å². The van der Waals surface area contributed by atoms with Crippen molar-refractivity contribution in [2.75, 3.05) is 18.9 Å². The van der Waals surface area contributed by atoms with Crippen molar-refractivity contribution in [1.82, 2.24) is 5.32 Å². The molecule has 0 unspecified atom stereocenters. The summed E-state index contributed by atoms with van der Waals surface area (Å²) in [5, 5.41) is 5.91. The second-order valence-electron chi connectivity index (χ2n) is 9.03. The van der Waals surface area contributed by atoms with Gasteiger partial charge >= 0.3 is 13.2 Å². The van der Waals surface area contributed by atoms with Crippen molar-refractivity contribution in [3.05, 3.63) is 35.3 Å². The first-order chi connectivity index (χ1) is 12.8. The number of alkyl carbamates (subject to hydrolysis) is 1. The molecule has 0 atom stereocenters. The third kappa shape index (κ3) is 5.75. The number of carbonyl (C=O) groups excluding carboxylic acids is 1. The Balaban J connectivity index is 2.23. The highest BCUT2D eigenvalue weighted by molar-refractivity contribution is 6.56. The molecule has 1 amide bonds. The quantitative estimate of drug-likeness (QED) is 0.738. The van der Waals surface area contributed by atoms with Crippen LogP contribution in [0.25, 0.3) is 6.08 Å². The van der Waals surface area contributed by atoms with Crippen molar-refractivity contribution in [2.45, 2.75) is 65.3 Å². The normalized spacial score (nSPS) is 18.7. The van der Waals surface area contributed by atoms with E-state index in [0.29, 0.717) is 0 Å². The van der Waals surface area contributed by atoms with E-state index in [9.17, 15) is 4.79 Å². The molecule has 1 aromatic carbocycles. The van der Waals surface area contributed by atoms with Crippen LogP contribution in [0.1, 0.15) is 54.0 Å². The summed E-state index contributed by atoms with van der Waals surface area (Å²) in [5.74, 6) is 0. The molecule has 1 aliphatic rings. The number of carbonyl (C=O) groups is 1. The number of nitrogens with one attached hydrogen (secondary N) is 2. The smallest absolute Gasteiger partial charge is 0.444 e. The van der Waals surface area contributed by atoms with Gasteiger partial charge in [-0.2, -0.15) is 0 Å². The molecule has 0 aliphatic carbocycles. The molecule has 1 saturated heterocycles. The number of rotatable bonds is 5. The van der Waals surface area contributed by atoms with Gasteiger partial charge in [0.1, 0.15) is 5.60 Å². The van der Waals surface area contributed by atoms with Crippen LogP contribution in [-0.4, -0.2) is 43.6 Å². The number of ether oxygens (including phenoxy) is 1. The van der Waals surface area contributed by atoms with Crippen molar-refractivity contribution in [3.63, 3.8) is 0 Å². The van der Waals surface area contributed by atoms with Crippen molar-refractivity contribution in [2.24, 2.45) is 0 Å². The summed E-state index contributed by atoms with van der Waals surface area (Å²) in [5.41, 5.74) is 1.37. The Morgan fingerprint density at radius 1 is 1.11 bits per heavy atom. The maximum Gasteiger partial charge on any atom is 0.492 e. The van der Waals surface area contributed by atoms with Gasteiger partial charge in [0.05, 0.1) is 11.2 Å². The summed E-state index contributed by atoms with van der Waals surface area (Å²) in [7, 11) is 1.33. The van der Waals surface area contributed by atoms with Gasteiger partial charge in [0.25, 0.3) is 0 Å². The lowest BCUT2D eigenvalue weighted by Crippen LogP contribution is -2.41. The van der Waals surface area contributed by atoms with Gasteiger partial charge in [0, 0.05) is 19.3 Å². The molecule has 6 nitrogen and oxygen atoms in total. The van der Waals surface area contributed by atoms with Crippen molar-refractivity contribution in [3.8, 4) is 0 Å². The van der Waals surface area contributed by atoms with E-state index < -0.39 is 30.0 Å². The van der Waals surface area contributed by atoms with Crippen molar-refractivity contribution in [1.29, 1.82) is 0 Å². The average Bonchev–Trinajstić information content (AvgIpc) is 2.78. The number of hydrogen-bond acceptors (Lipinski definition) is 5.